The summed E-state index contributed by atoms with van der Waals surface area (Å²) in [5.74, 6) is -0.264. The molecule has 2 aromatic carbocycles. The normalized spacial score (nSPS) is 13.4. The highest BCUT2D eigenvalue weighted by atomic mass is 16.6. The largest absolute Gasteiger partial charge is 0.385 e. The Labute approximate surface area is 158 Å². The van der Waals surface area contributed by atoms with Gasteiger partial charge in [-0.05, 0) is 37.5 Å². The molecule has 0 spiro atoms. The van der Waals surface area contributed by atoms with Crippen molar-refractivity contribution in [3.63, 3.8) is 0 Å². The molecule has 2 N–H and O–H groups in total. The van der Waals surface area contributed by atoms with E-state index in [9.17, 15) is 14.9 Å². The Morgan fingerprint density at radius 1 is 1.07 bits per heavy atom. The predicted octanol–water partition coefficient (Wildman–Crippen LogP) is 3.43. The Kier molecular flexibility index (Phi) is 6.25. The molecule has 7 heteroatoms. The lowest BCUT2D eigenvalue weighted by atomic mass is 10.1. The van der Waals surface area contributed by atoms with Crippen LogP contribution in [0.4, 0.5) is 17.1 Å². The summed E-state index contributed by atoms with van der Waals surface area (Å²) < 4.78 is 0. The average molecular weight is 368 g/mol. The zero-order valence-corrected chi connectivity index (χ0v) is 15.2. The van der Waals surface area contributed by atoms with E-state index in [2.05, 4.69) is 15.5 Å². The quantitative estimate of drug-likeness (QED) is 0.423. The summed E-state index contributed by atoms with van der Waals surface area (Å²) >= 11 is 0. The predicted molar refractivity (Wildman–Crippen MR) is 106 cm³/mol. The van der Waals surface area contributed by atoms with E-state index in [0.29, 0.717) is 12.1 Å². The van der Waals surface area contributed by atoms with Crippen LogP contribution in [-0.4, -0.2) is 37.0 Å². The molecule has 0 bridgehead atoms. The van der Waals surface area contributed by atoms with Gasteiger partial charge in [0, 0.05) is 44.0 Å². The van der Waals surface area contributed by atoms with Crippen LogP contribution < -0.4 is 15.5 Å². The summed E-state index contributed by atoms with van der Waals surface area (Å²) in [6.07, 6.45) is 2.90. The molecule has 1 saturated heterocycles. The fraction of sp³-hybridized carbons (Fsp3) is 0.350. The lowest BCUT2D eigenvalue weighted by Gasteiger charge is -2.21. The molecule has 0 saturated carbocycles. The van der Waals surface area contributed by atoms with Gasteiger partial charge < -0.3 is 15.5 Å². The second kappa shape index (κ2) is 9.02. The molecule has 1 aliphatic rings. The number of para-hydroxylation sites is 1. The molecular weight excluding hydrogens is 344 g/mol. The van der Waals surface area contributed by atoms with Crippen LogP contribution >= 0.6 is 0 Å². The first-order chi connectivity index (χ1) is 13.1. The van der Waals surface area contributed by atoms with Crippen molar-refractivity contribution < 1.29 is 9.72 Å². The monoisotopic (exact) mass is 368 g/mol. The number of carbonyl (C=O) groups is 1. The molecule has 0 atom stereocenters. The molecule has 0 unspecified atom stereocenters. The molecule has 1 heterocycles. The van der Waals surface area contributed by atoms with Gasteiger partial charge in [0.2, 0.25) is 0 Å². The van der Waals surface area contributed by atoms with Crippen molar-refractivity contribution in [2.45, 2.75) is 19.3 Å². The third-order valence-corrected chi connectivity index (χ3v) is 4.62. The van der Waals surface area contributed by atoms with E-state index in [-0.39, 0.29) is 11.6 Å². The van der Waals surface area contributed by atoms with Crippen LogP contribution in [-0.2, 0) is 0 Å². The molecular formula is C20H24N4O3. The Morgan fingerprint density at radius 2 is 1.81 bits per heavy atom. The van der Waals surface area contributed by atoms with Gasteiger partial charge in [-0.25, -0.2) is 0 Å². The van der Waals surface area contributed by atoms with E-state index in [4.69, 9.17) is 0 Å². The molecule has 1 amide bonds. The summed E-state index contributed by atoms with van der Waals surface area (Å²) in [6.45, 7) is 2.98. The van der Waals surface area contributed by atoms with E-state index in [1.54, 1.807) is 6.07 Å². The minimum absolute atomic E-state index is 0.0613. The standard InChI is InChI=1S/C20H24N4O3/c25-20(22-12-6-11-21-16-7-2-1-3-8-16)18-15-17(24(26)27)9-10-19(18)23-13-4-5-14-23/h1-3,7-10,15,21H,4-6,11-14H2,(H,22,25). The Hall–Kier alpha value is -3.09. The van der Waals surface area contributed by atoms with Crippen molar-refractivity contribution in [2.75, 3.05) is 36.4 Å². The number of hydrogen-bond donors (Lipinski definition) is 2. The number of nitro benzene ring substituents is 1. The van der Waals surface area contributed by atoms with E-state index in [1.807, 2.05) is 30.3 Å². The molecule has 2 aromatic rings. The average Bonchev–Trinajstić information content (AvgIpc) is 3.22. The number of amides is 1. The molecule has 0 aromatic heterocycles. The van der Waals surface area contributed by atoms with Gasteiger partial charge in [-0.2, -0.15) is 0 Å². The van der Waals surface area contributed by atoms with Gasteiger partial charge in [0.05, 0.1) is 16.2 Å². The minimum Gasteiger partial charge on any atom is -0.385 e. The highest BCUT2D eigenvalue weighted by molar-refractivity contribution is 6.00. The van der Waals surface area contributed by atoms with Gasteiger partial charge in [-0.15, -0.1) is 0 Å². The van der Waals surface area contributed by atoms with Crippen molar-refractivity contribution in [2.24, 2.45) is 0 Å². The van der Waals surface area contributed by atoms with Crippen LogP contribution in [0.2, 0.25) is 0 Å². The third-order valence-electron chi connectivity index (χ3n) is 4.62. The molecule has 1 aliphatic heterocycles. The van der Waals surface area contributed by atoms with Crippen LogP contribution in [0.15, 0.2) is 48.5 Å². The van der Waals surface area contributed by atoms with Crippen LogP contribution in [0, 0.1) is 10.1 Å². The summed E-state index contributed by atoms with van der Waals surface area (Å²) in [5.41, 5.74) is 2.13. The van der Waals surface area contributed by atoms with Gasteiger partial charge in [-0.1, -0.05) is 18.2 Å². The topological polar surface area (TPSA) is 87.5 Å². The van der Waals surface area contributed by atoms with Gasteiger partial charge in [0.25, 0.3) is 11.6 Å². The maximum atomic E-state index is 12.6. The van der Waals surface area contributed by atoms with E-state index in [0.717, 1.165) is 50.3 Å². The molecule has 3 rings (SSSR count). The maximum absolute atomic E-state index is 12.6. The summed E-state index contributed by atoms with van der Waals surface area (Å²) in [7, 11) is 0. The number of hydrogen-bond acceptors (Lipinski definition) is 5. The van der Waals surface area contributed by atoms with E-state index >= 15 is 0 Å². The second-order valence-electron chi connectivity index (χ2n) is 6.55. The molecule has 1 fully saturated rings. The fourth-order valence-corrected chi connectivity index (χ4v) is 3.23. The Bertz CT molecular complexity index is 789. The lowest BCUT2D eigenvalue weighted by Crippen LogP contribution is -2.29. The third kappa shape index (κ3) is 4.97. The van der Waals surface area contributed by atoms with Gasteiger partial charge in [-0.3, -0.25) is 14.9 Å². The smallest absolute Gasteiger partial charge is 0.270 e. The van der Waals surface area contributed by atoms with Crippen LogP contribution in [0.5, 0.6) is 0 Å². The van der Waals surface area contributed by atoms with Crippen molar-refractivity contribution in [1.29, 1.82) is 0 Å². The Balaban J connectivity index is 1.59. The molecule has 0 aliphatic carbocycles. The van der Waals surface area contributed by atoms with Crippen LogP contribution in [0.25, 0.3) is 0 Å². The van der Waals surface area contributed by atoms with Crippen molar-refractivity contribution >= 4 is 23.0 Å². The lowest BCUT2D eigenvalue weighted by molar-refractivity contribution is -0.384. The Morgan fingerprint density at radius 3 is 2.52 bits per heavy atom. The van der Waals surface area contributed by atoms with Crippen molar-refractivity contribution in [3.05, 3.63) is 64.2 Å². The first kappa shape index (κ1) is 18.7. The molecule has 27 heavy (non-hydrogen) atoms. The summed E-state index contributed by atoms with van der Waals surface area (Å²) in [4.78, 5) is 25.4. The minimum atomic E-state index is -0.464. The van der Waals surface area contributed by atoms with E-state index in [1.165, 1.54) is 12.1 Å². The molecule has 7 nitrogen and oxygen atoms in total. The number of nitrogens with zero attached hydrogens (tertiary/aromatic N) is 2. The number of nitro groups is 1. The SMILES string of the molecule is O=C(NCCCNc1ccccc1)c1cc([N+](=O)[O-])ccc1N1CCCC1. The highest BCUT2D eigenvalue weighted by Crippen LogP contribution is 2.28. The highest BCUT2D eigenvalue weighted by Gasteiger charge is 2.22. The van der Waals surface area contributed by atoms with E-state index < -0.39 is 4.92 Å². The van der Waals surface area contributed by atoms with Crippen LogP contribution in [0.3, 0.4) is 0 Å². The van der Waals surface area contributed by atoms with Crippen molar-refractivity contribution in [3.8, 4) is 0 Å². The van der Waals surface area contributed by atoms with Gasteiger partial charge in [0.1, 0.15) is 0 Å². The summed E-state index contributed by atoms with van der Waals surface area (Å²) in [6, 6.07) is 14.4. The van der Waals surface area contributed by atoms with Crippen molar-refractivity contribution in [1.82, 2.24) is 5.32 Å². The maximum Gasteiger partial charge on any atom is 0.270 e. The number of anilines is 2. The fourth-order valence-electron chi connectivity index (χ4n) is 3.23. The second-order valence-corrected chi connectivity index (χ2v) is 6.55. The molecule has 142 valence electrons. The summed E-state index contributed by atoms with van der Waals surface area (Å²) in [5, 5.41) is 17.3. The first-order valence-electron chi connectivity index (χ1n) is 9.25. The number of carbonyl (C=O) groups excluding carboxylic acids is 1. The zero-order valence-electron chi connectivity index (χ0n) is 15.2. The number of non-ortho nitro benzene ring substituents is 1. The first-order valence-corrected chi connectivity index (χ1v) is 9.25. The van der Waals surface area contributed by atoms with Gasteiger partial charge in [0.15, 0.2) is 0 Å². The van der Waals surface area contributed by atoms with Gasteiger partial charge >= 0.3 is 0 Å². The number of benzene rings is 2. The zero-order chi connectivity index (χ0) is 19.1. The number of rotatable bonds is 8. The number of nitrogens with one attached hydrogen (secondary N) is 2. The van der Waals surface area contributed by atoms with Crippen LogP contribution in [0.1, 0.15) is 29.6 Å². The molecule has 0 radical (unpaired) electrons.